The van der Waals surface area contributed by atoms with Gasteiger partial charge >= 0.3 is 0 Å². The molecule has 32 heavy (non-hydrogen) atoms. The minimum Gasteiger partial charge on any atom is -0.368 e. The molecule has 0 bridgehead atoms. The smallest absolute Gasteiger partial charge is 0.242 e. The summed E-state index contributed by atoms with van der Waals surface area (Å²) in [6.45, 7) is 4.87. The lowest BCUT2D eigenvalue weighted by atomic mass is 10.1. The number of hydrogen-bond acceptors (Lipinski definition) is 4. The summed E-state index contributed by atoms with van der Waals surface area (Å²) in [5.41, 5.74) is 1.21. The zero-order chi connectivity index (χ0) is 22.3. The highest BCUT2D eigenvalue weighted by Crippen LogP contribution is 2.27. The maximum atomic E-state index is 12.7. The number of nitrogens with one attached hydrogen (secondary N) is 2. The van der Waals surface area contributed by atoms with Gasteiger partial charge in [-0.1, -0.05) is 31.0 Å². The molecule has 0 radical (unpaired) electrons. The minimum absolute atomic E-state index is 0.0881. The first-order valence-electron chi connectivity index (χ1n) is 12.0. The van der Waals surface area contributed by atoms with Gasteiger partial charge in [-0.05, 0) is 31.4 Å². The van der Waals surface area contributed by atoms with Crippen LogP contribution in [0.1, 0.15) is 32.1 Å². The zero-order valence-corrected chi connectivity index (χ0v) is 19.1. The molecule has 1 saturated carbocycles. The second-order valence-corrected chi connectivity index (χ2v) is 9.02. The molecule has 2 amide bonds. The third-order valence-electron chi connectivity index (χ3n) is 6.93. The summed E-state index contributed by atoms with van der Waals surface area (Å²) >= 11 is 0. The van der Waals surface area contributed by atoms with Crippen molar-refractivity contribution in [2.45, 2.75) is 38.1 Å². The fraction of sp³-hybridized carbons (Fsp3) is 0.625. The van der Waals surface area contributed by atoms with Crippen LogP contribution >= 0.6 is 0 Å². The summed E-state index contributed by atoms with van der Waals surface area (Å²) in [6, 6.07) is 10.5. The van der Waals surface area contributed by atoms with Crippen molar-refractivity contribution in [3.8, 4) is 0 Å². The lowest BCUT2D eigenvalue weighted by Crippen LogP contribution is -2.53. The van der Waals surface area contributed by atoms with E-state index in [4.69, 9.17) is 0 Å². The van der Waals surface area contributed by atoms with E-state index in [0.29, 0.717) is 18.4 Å². The van der Waals surface area contributed by atoms with Crippen LogP contribution in [0.25, 0.3) is 0 Å². The van der Waals surface area contributed by atoms with Crippen molar-refractivity contribution in [3.05, 3.63) is 30.3 Å². The molecule has 0 spiro atoms. The molecule has 8 heteroatoms. The van der Waals surface area contributed by atoms with E-state index in [2.05, 4.69) is 32.7 Å². The average Bonchev–Trinajstić information content (AvgIpc) is 3.54. The Morgan fingerprint density at radius 1 is 0.969 bits per heavy atom. The Hall–Kier alpha value is -2.77. The van der Waals surface area contributed by atoms with Crippen LogP contribution in [0.3, 0.4) is 0 Å². The van der Waals surface area contributed by atoms with Crippen LogP contribution in [-0.4, -0.2) is 86.5 Å². The number of piperazine rings is 1. The molecule has 3 aliphatic rings. The molecule has 2 aliphatic heterocycles. The fourth-order valence-corrected chi connectivity index (χ4v) is 5.02. The number of guanidine groups is 1. The predicted octanol–water partition coefficient (Wildman–Crippen LogP) is 1.29. The Kier molecular flexibility index (Phi) is 7.50. The first-order valence-corrected chi connectivity index (χ1v) is 12.0. The molecule has 4 rings (SSSR count). The molecular formula is C24H36N6O2. The number of carbonyl (C=O) groups is 2. The van der Waals surface area contributed by atoms with Crippen LogP contribution in [0.4, 0.5) is 5.69 Å². The summed E-state index contributed by atoms with van der Waals surface area (Å²) in [5.74, 6) is 1.26. The van der Waals surface area contributed by atoms with E-state index in [1.165, 1.54) is 18.5 Å². The van der Waals surface area contributed by atoms with E-state index in [1.54, 1.807) is 7.05 Å². The molecule has 2 N–H and O–H groups in total. The van der Waals surface area contributed by atoms with Gasteiger partial charge in [0.05, 0.1) is 6.54 Å². The van der Waals surface area contributed by atoms with Gasteiger partial charge in [-0.15, -0.1) is 0 Å². The Bertz CT molecular complexity index is 800. The van der Waals surface area contributed by atoms with Gasteiger partial charge < -0.3 is 25.3 Å². The Labute approximate surface area is 191 Å². The third kappa shape index (κ3) is 5.53. The average molecular weight is 441 g/mol. The quantitative estimate of drug-likeness (QED) is 0.533. The van der Waals surface area contributed by atoms with Crippen LogP contribution in [0, 0.1) is 5.92 Å². The summed E-state index contributed by atoms with van der Waals surface area (Å²) < 4.78 is 0. The highest BCUT2D eigenvalue weighted by molar-refractivity contribution is 5.87. The molecule has 3 fully saturated rings. The first-order chi connectivity index (χ1) is 15.6. The Balaban J connectivity index is 1.18. The number of likely N-dealkylation sites (tertiary alicyclic amines) is 1. The van der Waals surface area contributed by atoms with E-state index >= 15 is 0 Å². The van der Waals surface area contributed by atoms with Crippen LogP contribution in [-0.2, 0) is 9.59 Å². The van der Waals surface area contributed by atoms with Gasteiger partial charge in [0.1, 0.15) is 0 Å². The maximum Gasteiger partial charge on any atom is 0.242 e. The lowest BCUT2D eigenvalue weighted by molar-refractivity contribution is -0.134. The van der Waals surface area contributed by atoms with Gasteiger partial charge in [0.2, 0.25) is 11.8 Å². The van der Waals surface area contributed by atoms with Crippen molar-refractivity contribution < 1.29 is 9.59 Å². The predicted molar refractivity (Wildman–Crippen MR) is 127 cm³/mol. The van der Waals surface area contributed by atoms with Gasteiger partial charge in [-0.2, -0.15) is 0 Å². The van der Waals surface area contributed by atoms with E-state index in [-0.39, 0.29) is 24.4 Å². The van der Waals surface area contributed by atoms with Crippen molar-refractivity contribution in [3.63, 3.8) is 0 Å². The Morgan fingerprint density at radius 2 is 1.69 bits per heavy atom. The standard InChI is InChI=1S/C24H36N6O2/c1-25-24(27-20-11-12-30(18-20)23(32)19-7-5-6-8-19)26-17-22(31)29-15-13-28(14-16-29)21-9-3-2-4-10-21/h2-4,9-10,19-20H,5-8,11-18H2,1H3,(H2,25,26,27). The van der Waals surface area contributed by atoms with Gasteiger partial charge in [0, 0.05) is 64.0 Å². The van der Waals surface area contributed by atoms with Crippen molar-refractivity contribution in [1.82, 2.24) is 20.4 Å². The first kappa shape index (κ1) is 22.4. The normalized spacial score (nSPS) is 22.3. The fourth-order valence-electron chi connectivity index (χ4n) is 5.02. The van der Waals surface area contributed by atoms with Gasteiger partial charge in [0.25, 0.3) is 0 Å². The van der Waals surface area contributed by atoms with Crippen LogP contribution in [0.2, 0.25) is 0 Å². The monoisotopic (exact) mass is 440 g/mol. The van der Waals surface area contributed by atoms with E-state index < -0.39 is 0 Å². The molecule has 8 nitrogen and oxygen atoms in total. The number of aliphatic imine (C=N–C) groups is 1. The van der Waals surface area contributed by atoms with Crippen molar-refractivity contribution >= 4 is 23.5 Å². The lowest BCUT2D eigenvalue weighted by Gasteiger charge is -2.36. The topological polar surface area (TPSA) is 80.3 Å². The number of para-hydroxylation sites is 1. The summed E-state index contributed by atoms with van der Waals surface area (Å²) in [4.78, 5) is 35.9. The summed E-state index contributed by atoms with van der Waals surface area (Å²) in [6.07, 6.45) is 5.35. The molecular weight excluding hydrogens is 404 g/mol. The molecule has 1 aliphatic carbocycles. The molecule has 1 aromatic carbocycles. The number of amides is 2. The SMILES string of the molecule is CN=C(NCC(=O)N1CCN(c2ccccc2)CC1)NC1CCN(C(=O)C2CCCC2)C1. The molecule has 174 valence electrons. The molecule has 1 aromatic rings. The zero-order valence-electron chi connectivity index (χ0n) is 19.1. The number of anilines is 1. The molecule has 2 saturated heterocycles. The number of benzene rings is 1. The summed E-state index contributed by atoms with van der Waals surface area (Å²) in [5, 5.41) is 6.56. The highest BCUT2D eigenvalue weighted by atomic mass is 16.2. The van der Waals surface area contributed by atoms with E-state index in [9.17, 15) is 9.59 Å². The van der Waals surface area contributed by atoms with Crippen LogP contribution < -0.4 is 15.5 Å². The Morgan fingerprint density at radius 3 is 2.38 bits per heavy atom. The summed E-state index contributed by atoms with van der Waals surface area (Å²) in [7, 11) is 1.72. The largest absolute Gasteiger partial charge is 0.368 e. The minimum atomic E-state index is 0.0881. The molecule has 0 aromatic heterocycles. The van der Waals surface area contributed by atoms with Gasteiger partial charge in [-0.3, -0.25) is 14.6 Å². The van der Waals surface area contributed by atoms with Crippen molar-refractivity contribution in [2.75, 3.05) is 57.8 Å². The van der Waals surface area contributed by atoms with Crippen LogP contribution in [0.15, 0.2) is 35.3 Å². The van der Waals surface area contributed by atoms with E-state index in [0.717, 1.165) is 52.0 Å². The van der Waals surface area contributed by atoms with E-state index in [1.807, 2.05) is 28.0 Å². The molecule has 2 heterocycles. The number of carbonyl (C=O) groups excluding carboxylic acids is 2. The van der Waals surface area contributed by atoms with Crippen molar-refractivity contribution in [2.24, 2.45) is 10.9 Å². The van der Waals surface area contributed by atoms with Gasteiger partial charge in [0.15, 0.2) is 5.96 Å². The van der Waals surface area contributed by atoms with Crippen molar-refractivity contribution in [1.29, 1.82) is 0 Å². The molecule has 1 atom stereocenters. The number of rotatable bonds is 5. The second kappa shape index (κ2) is 10.7. The highest BCUT2D eigenvalue weighted by Gasteiger charge is 2.32. The molecule has 1 unspecified atom stereocenters. The van der Waals surface area contributed by atoms with Gasteiger partial charge in [-0.25, -0.2) is 0 Å². The third-order valence-corrected chi connectivity index (χ3v) is 6.93. The number of nitrogens with zero attached hydrogens (tertiary/aromatic N) is 4. The maximum absolute atomic E-state index is 12.7. The number of hydrogen-bond donors (Lipinski definition) is 2. The second-order valence-electron chi connectivity index (χ2n) is 9.02. The van der Waals surface area contributed by atoms with Crippen LogP contribution in [0.5, 0.6) is 0 Å².